The maximum Gasteiger partial charge on any atom is 0.358 e. The van der Waals surface area contributed by atoms with E-state index in [9.17, 15) is 9.59 Å². The van der Waals surface area contributed by atoms with Gasteiger partial charge in [0.1, 0.15) is 4.88 Å². The number of aromatic nitrogens is 2. The molecule has 2 aromatic heterocycles. The van der Waals surface area contributed by atoms with Crippen molar-refractivity contribution >= 4 is 23.3 Å². The summed E-state index contributed by atoms with van der Waals surface area (Å²) in [5.41, 5.74) is 0.0916. The van der Waals surface area contributed by atoms with E-state index >= 15 is 0 Å². The first-order valence-electron chi connectivity index (χ1n) is 5.00. The van der Waals surface area contributed by atoms with Gasteiger partial charge in [-0.15, -0.1) is 11.3 Å². The molecule has 0 saturated heterocycles. The zero-order valence-corrected chi connectivity index (χ0v) is 10.6. The summed E-state index contributed by atoms with van der Waals surface area (Å²) in [6, 6.07) is 4.77. The monoisotopic (exact) mass is 266 g/mol. The van der Waals surface area contributed by atoms with Crippen LogP contribution in [-0.2, 0) is 11.8 Å². The molecule has 0 N–H and O–H groups in total. The van der Waals surface area contributed by atoms with Gasteiger partial charge in [0.25, 0.3) is 0 Å². The number of nitrogens with zero attached hydrogens (tertiary/aromatic N) is 2. The average Bonchev–Trinajstić information content (AvgIpc) is 2.99. The summed E-state index contributed by atoms with van der Waals surface area (Å²) in [5, 5.41) is 5.66. The van der Waals surface area contributed by atoms with Crippen LogP contribution in [0.3, 0.4) is 0 Å². The number of ether oxygens (including phenoxy) is 2. The standard InChI is InChI=1S/C11H10N2O4S/c1-13-9(6-7(12-13)10(14)16-2)17-11(15)8-4-3-5-18-8/h3-6H,1-2H3. The molecule has 0 aromatic carbocycles. The third kappa shape index (κ3) is 2.40. The van der Waals surface area contributed by atoms with Crippen LogP contribution in [0.5, 0.6) is 5.88 Å². The summed E-state index contributed by atoms with van der Waals surface area (Å²) >= 11 is 1.28. The van der Waals surface area contributed by atoms with Crippen molar-refractivity contribution in [1.82, 2.24) is 9.78 Å². The van der Waals surface area contributed by atoms with E-state index in [2.05, 4.69) is 9.84 Å². The zero-order valence-electron chi connectivity index (χ0n) is 9.75. The second-order valence-corrected chi connectivity index (χ2v) is 4.30. The number of thiophene rings is 1. The number of methoxy groups -OCH3 is 1. The Morgan fingerprint density at radius 3 is 2.78 bits per heavy atom. The van der Waals surface area contributed by atoms with Crippen LogP contribution in [0.4, 0.5) is 0 Å². The molecule has 18 heavy (non-hydrogen) atoms. The molecule has 2 rings (SSSR count). The lowest BCUT2D eigenvalue weighted by Crippen LogP contribution is -2.09. The molecule has 7 heteroatoms. The van der Waals surface area contributed by atoms with Gasteiger partial charge >= 0.3 is 11.9 Å². The molecule has 0 aliphatic rings. The third-order valence-electron chi connectivity index (χ3n) is 2.15. The summed E-state index contributed by atoms with van der Waals surface area (Å²) < 4.78 is 11.0. The van der Waals surface area contributed by atoms with Gasteiger partial charge in [-0.2, -0.15) is 5.10 Å². The van der Waals surface area contributed by atoms with Crippen molar-refractivity contribution in [2.24, 2.45) is 7.05 Å². The van der Waals surface area contributed by atoms with Gasteiger partial charge in [0.15, 0.2) is 5.69 Å². The maximum absolute atomic E-state index is 11.7. The van der Waals surface area contributed by atoms with Crippen molar-refractivity contribution in [2.45, 2.75) is 0 Å². The van der Waals surface area contributed by atoms with Crippen molar-refractivity contribution in [1.29, 1.82) is 0 Å². The number of hydrogen-bond donors (Lipinski definition) is 0. The van der Waals surface area contributed by atoms with Crippen LogP contribution < -0.4 is 4.74 Å². The molecule has 2 heterocycles. The van der Waals surface area contributed by atoms with Crippen molar-refractivity contribution in [2.75, 3.05) is 7.11 Å². The Bertz CT molecular complexity index is 574. The van der Waals surface area contributed by atoms with E-state index in [1.165, 1.54) is 29.2 Å². The van der Waals surface area contributed by atoms with E-state index in [0.29, 0.717) is 4.88 Å². The highest BCUT2D eigenvalue weighted by molar-refractivity contribution is 7.12. The average molecular weight is 266 g/mol. The highest BCUT2D eigenvalue weighted by Crippen LogP contribution is 2.16. The van der Waals surface area contributed by atoms with E-state index in [4.69, 9.17) is 4.74 Å². The van der Waals surface area contributed by atoms with Crippen molar-refractivity contribution in [3.63, 3.8) is 0 Å². The van der Waals surface area contributed by atoms with Gasteiger partial charge < -0.3 is 9.47 Å². The summed E-state index contributed by atoms with van der Waals surface area (Å²) in [5.74, 6) is -0.873. The van der Waals surface area contributed by atoms with E-state index in [1.54, 1.807) is 24.6 Å². The molecule has 0 aliphatic heterocycles. The molecule has 0 unspecified atom stereocenters. The molecule has 94 valence electrons. The van der Waals surface area contributed by atoms with Crippen molar-refractivity contribution in [3.8, 4) is 5.88 Å². The minimum absolute atomic E-state index is 0.0916. The molecule has 6 nitrogen and oxygen atoms in total. The van der Waals surface area contributed by atoms with E-state index in [0.717, 1.165) is 0 Å². The fourth-order valence-corrected chi connectivity index (χ4v) is 1.89. The lowest BCUT2D eigenvalue weighted by molar-refractivity contribution is 0.0592. The van der Waals surface area contributed by atoms with Crippen LogP contribution in [0, 0.1) is 0 Å². The van der Waals surface area contributed by atoms with Gasteiger partial charge in [-0.3, -0.25) is 0 Å². The van der Waals surface area contributed by atoms with Crippen molar-refractivity contribution < 1.29 is 19.1 Å². The van der Waals surface area contributed by atoms with Crippen LogP contribution in [0.15, 0.2) is 23.6 Å². The van der Waals surface area contributed by atoms with Gasteiger partial charge in [0, 0.05) is 13.1 Å². The molecule has 0 bridgehead atoms. The summed E-state index contributed by atoms with van der Waals surface area (Å²) in [7, 11) is 2.83. The number of esters is 2. The van der Waals surface area contributed by atoms with E-state index in [1.807, 2.05) is 0 Å². The Labute approximate surface area is 107 Å². The van der Waals surface area contributed by atoms with Crippen LogP contribution in [0.25, 0.3) is 0 Å². The highest BCUT2D eigenvalue weighted by Gasteiger charge is 2.17. The third-order valence-corrected chi connectivity index (χ3v) is 3.00. The summed E-state index contributed by atoms with van der Waals surface area (Å²) in [6.45, 7) is 0. The molecule has 0 radical (unpaired) electrons. The maximum atomic E-state index is 11.7. The topological polar surface area (TPSA) is 70.4 Å². The van der Waals surface area contributed by atoms with Crippen LogP contribution in [-0.4, -0.2) is 28.8 Å². The fraction of sp³-hybridized carbons (Fsp3) is 0.182. The Kier molecular flexibility index (Phi) is 3.42. The zero-order chi connectivity index (χ0) is 13.1. The number of carbonyl (C=O) groups excluding carboxylic acids is 2. The number of rotatable bonds is 3. The molecule has 0 spiro atoms. The summed E-state index contributed by atoms with van der Waals surface area (Å²) in [6.07, 6.45) is 0. The second-order valence-electron chi connectivity index (χ2n) is 3.35. The Morgan fingerprint density at radius 1 is 1.39 bits per heavy atom. The van der Waals surface area contributed by atoms with Crippen LogP contribution >= 0.6 is 11.3 Å². The lowest BCUT2D eigenvalue weighted by atomic mass is 10.4. The first kappa shape index (κ1) is 12.3. The van der Waals surface area contributed by atoms with Crippen LogP contribution in [0.1, 0.15) is 20.2 Å². The molecule has 0 fully saturated rings. The number of hydrogen-bond acceptors (Lipinski definition) is 6. The predicted molar refractivity (Wildman–Crippen MR) is 63.8 cm³/mol. The fourth-order valence-electron chi connectivity index (χ4n) is 1.29. The van der Waals surface area contributed by atoms with Gasteiger partial charge in [0.05, 0.1) is 7.11 Å². The SMILES string of the molecule is COC(=O)c1cc(OC(=O)c2cccs2)n(C)n1. The van der Waals surface area contributed by atoms with Crippen LogP contribution in [0.2, 0.25) is 0 Å². The number of aryl methyl sites for hydroxylation is 1. The Morgan fingerprint density at radius 2 is 2.17 bits per heavy atom. The van der Waals surface area contributed by atoms with E-state index < -0.39 is 11.9 Å². The quantitative estimate of drug-likeness (QED) is 0.787. The smallest absolute Gasteiger partial charge is 0.358 e. The molecular formula is C11H10N2O4S. The van der Waals surface area contributed by atoms with Gasteiger partial charge in [-0.1, -0.05) is 6.07 Å². The number of carbonyl (C=O) groups is 2. The minimum atomic E-state index is -0.580. The second kappa shape index (κ2) is 5.01. The molecule has 2 aromatic rings. The molecule has 0 atom stereocenters. The predicted octanol–water partition coefficient (Wildman–Crippen LogP) is 1.49. The lowest BCUT2D eigenvalue weighted by Gasteiger charge is -2.01. The molecule has 0 aliphatic carbocycles. The summed E-state index contributed by atoms with van der Waals surface area (Å²) in [4.78, 5) is 23.4. The minimum Gasteiger partial charge on any atom is -0.464 e. The normalized spacial score (nSPS) is 10.1. The first-order chi connectivity index (χ1) is 8.61. The first-order valence-corrected chi connectivity index (χ1v) is 5.88. The Balaban J connectivity index is 2.17. The molecule has 0 amide bonds. The molecule has 0 saturated carbocycles. The largest absolute Gasteiger partial charge is 0.464 e. The molecular weight excluding hydrogens is 256 g/mol. The highest BCUT2D eigenvalue weighted by atomic mass is 32.1. The van der Waals surface area contributed by atoms with Crippen molar-refractivity contribution in [3.05, 3.63) is 34.2 Å². The van der Waals surface area contributed by atoms with E-state index in [-0.39, 0.29) is 11.6 Å². The van der Waals surface area contributed by atoms with Gasteiger partial charge in [-0.25, -0.2) is 14.3 Å². The van der Waals surface area contributed by atoms with Gasteiger partial charge in [0.2, 0.25) is 5.88 Å². The Hall–Kier alpha value is -2.15. The van der Waals surface area contributed by atoms with Gasteiger partial charge in [-0.05, 0) is 11.4 Å².